The van der Waals surface area contributed by atoms with Crippen LogP contribution in [0.1, 0.15) is 12.5 Å². The van der Waals surface area contributed by atoms with Gasteiger partial charge in [0.05, 0.1) is 5.75 Å². The van der Waals surface area contributed by atoms with E-state index in [9.17, 15) is 24.3 Å². The lowest BCUT2D eigenvalue weighted by molar-refractivity contribution is -0.150. The number of benzene rings is 1. The van der Waals surface area contributed by atoms with Crippen LogP contribution in [0.25, 0.3) is 0 Å². The van der Waals surface area contributed by atoms with Crippen LogP contribution in [0.5, 0.6) is 0 Å². The third kappa shape index (κ3) is 4.94. The molecule has 2 atom stereocenters. The van der Waals surface area contributed by atoms with Crippen LogP contribution in [-0.2, 0) is 29.7 Å². The highest BCUT2D eigenvalue weighted by Gasteiger charge is 2.54. The molecule has 0 aromatic heterocycles. The molecular weight excluding hydrogens is 416 g/mol. The second kappa shape index (κ2) is 9.36. The minimum atomic E-state index is -1.26. The van der Waals surface area contributed by atoms with Gasteiger partial charge in [0, 0.05) is 24.0 Å². The van der Waals surface area contributed by atoms with Gasteiger partial charge in [0.2, 0.25) is 5.91 Å². The number of esters is 1. The molecule has 3 rings (SSSR count). The fourth-order valence-corrected chi connectivity index (χ4v) is 5.16. The molecule has 29 heavy (non-hydrogen) atoms. The summed E-state index contributed by atoms with van der Waals surface area (Å²) in [6.07, 6.45) is 0. The van der Waals surface area contributed by atoms with Crippen molar-refractivity contribution in [2.75, 3.05) is 18.1 Å². The maximum Gasteiger partial charge on any atom is 0.352 e. The van der Waals surface area contributed by atoms with E-state index in [0.717, 1.165) is 10.5 Å². The molecule has 2 amide bonds. The van der Waals surface area contributed by atoms with Crippen molar-refractivity contribution in [3.8, 4) is 0 Å². The molecule has 154 valence electrons. The number of aliphatic carboxylic acids is 1. The van der Waals surface area contributed by atoms with E-state index in [1.807, 2.05) is 30.3 Å². The van der Waals surface area contributed by atoms with Gasteiger partial charge in [-0.25, -0.2) is 4.79 Å². The van der Waals surface area contributed by atoms with E-state index in [-0.39, 0.29) is 24.0 Å². The van der Waals surface area contributed by atoms with Gasteiger partial charge in [0.25, 0.3) is 5.91 Å². The second-order valence-electron chi connectivity index (χ2n) is 6.47. The van der Waals surface area contributed by atoms with Crippen molar-refractivity contribution < 1.29 is 29.0 Å². The highest BCUT2D eigenvalue weighted by molar-refractivity contribution is 8.00. The molecule has 0 radical (unpaired) electrons. The van der Waals surface area contributed by atoms with Gasteiger partial charge in [-0.05, 0) is 5.56 Å². The van der Waals surface area contributed by atoms with E-state index >= 15 is 0 Å². The first kappa shape index (κ1) is 21.3. The van der Waals surface area contributed by atoms with E-state index in [1.165, 1.54) is 30.4 Å². The third-order valence-corrected chi connectivity index (χ3v) is 6.70. The fourth-order valence-electron chi connectivity index (χ4n) is 3.03. The highest BCUT2D eigenvalue weighted by Crippen LogP contribution is 2.40. The smallest absolute Gasteiger partial charge is 0.352 e. The molecule has 1 saturated heterocycles. The Bertz CT molecular complexity index is 858. The summed E-state index contributed by atoms with van der Waals surface area (Å²) in [6, 6.07) is 8.99. The van der Waals surface area contributed by atoms with Gasteiger partial charge in [0.15, 0.2) is 0 Å². The van der Waals surface area contributed by atoms with Gasteiger partial charge >= 0.3 is 11.9 Å². The number of nitrogens with one attached hydrogen (secondary N) is 1. The Hall–Kier alpha value is -2.46. The van der Waals surface area contributed by atoms with Crippen molar-refractivity contribution in [1.29, 1.82) is 0 Å². The normalized spacial score (nSPS) is 20.6. The van der Waals surface area contributed by atoms with Crippen LogP contribution in [0.15, 0.2) is 41.6 Å². The Kier molecular flexibility index (Phi) is 6.86. The summed E-state index contributed by atoms with van der Waals surface area (Å²) >= 11 is 2.78. The number of carboxylic acid groups (broad SMARTS) is 1. The summed E-state index contributed by atoms with van der Waals surface area (Å²) in [5.74, 6) is -1.33. The van der Waals surface area contributed by atoms with Crippen molar-refractivity contribution in [3.05, 3.63) is 47.2 Å². The van der Waals surface area contributed by atoms with Crippen molar-refractivity contribution in [3.63, 3.8) is 0 Å². The standard InChI is InChI=1S/C19H20N2O6S2/c1-11(22)27-7-13-9-29-18-15(17(24)21(18)16(13)19(25)26)20-14(23)10-28-8-12-5-3-2-4-6-12/h2-6,15,18H,7-10H2,1H3,(H,20,23)(H,25,26)/t15-,18+/m0/s1. The summed E-state index contributed by atoms with van der Waals surface area (Å²) in [5, 5.41) is 11.7. The number of β-lactam (4-membered cyclic amide) rings is 1. The quantitative estimate of drug-likeness (QED) is 0.462. The number of rotatable bonds is 8. The lowest BCUT2D eigenvalue weighted by Gasteiger charge is -2.49. The number of thioether (sulfide) groups is 2. The molecule has 2 heterocycles. The number of hydrogen-bond acceptors (Lipinski definition) is 7. The van der Waals surface area contributed by atoms with E-state index in [4.69, 9.17) is 4.74 Å². The van der Waals surface area contributed by atoms with Crippen molar-refractivity contribution in [1.82, 2.24) is 10.2 Å². The maximum atomic E-state index is 12.5. The van der Waals surface area contributed by atoms with Crippen LogP contribution in [0, 0.1) is 0 Å². The molecule has 0 spiro atoms. The van der Waals surface area contributed by atoms with Crippen LogP contribution in [-0.4, -0.2) is 63.3 Å². The minimum absolute atomic E-state index is 0.163. The monoisotopic (exact) mass is 436 g/mol. The number of carbonyl (C=O) groups excluding carboxylic acids is 3. The third-order valence-electron chi connectivity index (χ3n) is 4.36. The van der Waals surface area contributed by atoms with Gasteiger partial charge in [-0.1, -0.05) is 30.3 Å². The molecule has 0 aliphatic carbocycles. The number of hydrogen-bond donors (Lipinski definition) is 2. The Morgan fingerprint density at radius 3 is 2.69 bits per heavy atom. The zero-order chi connectivity index (χ0) is 21.0. The van der Waals surface area contributed by atoms with Gasteiger partial charge in [-0.3, -0.25) is 19.3 Å². The number of amides is 2. The molecule has 0 saturated carbocycles. The Morgan fingerprint density at radius 2 is 2.03 bits per heavy atom. The van der Waals surface area contributed by atoms with E-state index in [0.29, 0.717) is 17.1 Å². The molecule has 2 aliphatic rings. The summed E-state index contributed by atoms with van der Waals surface area (Å²) in [5.41, 5.74) is 1.31. The Morgan fingerprint density at radius 1 is 1.31 bits per heavy atom. The van der Waals surface area contributed by atoms with Crippen LogP contribution in [0.2, 0.25) is 0 Å². The molecule has 8 nitrogen and oxygen atoms in total. The first-order valence-corrected chi connectivity index (χ1v) is 11.0. The van der Waals surface area contributed by atoms with Crippen molar-refractivity contribution in [2.24, 2.45) is 0 Å². The average molecular weight is 437 g/mol. The van der Waals surface area contributed by atoms with Gasteiger partial charge < -0.3 is 15.2 Å². The van der Waals surface area contributed by atoms with Crippen molar-refractivity contribution >= 4 is 47.3 Å². The average Bonchev–Trinajstić information content (AvgIpc) is 2.70. The van der Waals surface area contributed by atoms with E-state index in [2.05, 4.69) is 5.32 Å². The Balaban J connectivity index is 1.56. The molecule has 10 heteroatoms. The van der Waals surface area contributed by atoms with Crippen molar-refractivity contribution in [2.45, 2.75) is 24.1 Å². The van der Waals surface area contributed by atoms with Gasteiger partial charge in [0.1, 0.15) is 23.7 Å². The van der Waals surface area contributed by atoms with E-state index < -0.39 is 29.3 Å². The molecule has 2 aliphatic heterocycles. The minimum Gasteiger partial charge on any atom is -0.477 e. The summed E-state index contributed by atoms with van der Waals surface area (Å²) in [7, 11) is 0. The summed E-state index contributed by atoms with van der Waals surface area (Å²) in [6.45, 7) is 1.06. The predicted octanol–water partition coefficient (Wildman–Crippen LogP) is 1.22. The van der Waals surface area contributed by atoms with Crippen LogP contribution in [0.3, 0.4) is 0 Å². The van der Waals surface area contributed by atoms with Crippen LogP contribution >= 0.6 is 23.5 Å². The molecular formula is C19H20N2O6S2. The topological polar surface area (TPSA) is 113 Å². The first-order chi connectivity index (χ1) is 13.9. The molecule has 1 aromatic carbocycles. The number of fused-ring (bicyclic) bond motifs is 1. The SMILES string of the molecule is CC(=O)OCC1=C(C(=O)O)N2C(=O)[C@H](NC(=O)CSCc3ccccc3)[C@H]2SC1. The fraction of sp³-hybridized carbons (Fsp3) is 0.368. The Labute approximate surface area is 176 Å². The van der Waals surface area contributed by atoms with Crippen LogP contribution < -0.4 is 5.32 Å². The molecule has 0 bridgehead atoms. The maximum absolute atomic E-state index is 12.5. The number of carbonyl (C=O) groups is 4. The first-order valence-electron chi connectivity index (χ1n) is 8.83. The van der Waals surface area contributed by atoms with Crippen LogP contribution in [0.4, 0.5) is 0 Å². The number of ether oxygens (including phenoxy) is 1. The summed E-state index contributed by atoms with van der Waals surface area (Å²) < 4.78 is 4.89. The van der Waals surface area contributed by atoms with Gasteiger partial charge in [-0.15, -0.1) is 23.5 Å². The highest BCUT2D eigenvalue weighted by atomic mass is 32.2. The number of nitrogens with zero attached hydrogens (tertiary/aromatic N) is 1. The van der Waals surface area contributed by atoms with Gasteiger partial charge in [-0.2, -0.15) is 0 Å². The summed E-state index contributed by atoms with van der Waals surface area (Å²) in [4.78, 5) is 48.6. The largest absolute Gasteiger partial charge is 0.477 e. The molecule has 1 fully saturated rings. The lowest BCUT2D eigenvalue weighted by Crippen LogP contribution is -2.70. The van der Waals surface area contributed by atoms with E-state index in [1.54, 1.807) is 0 Å². The number of carboxylic acids is 1. The molecule has 2 N–H and O–H groups in total. The molecule has 1 aromatic rings. The predicted molar refractivity (Wildman–Crippen MR) is 109 cm³/mol. The zero-order valence-electron chi connectivity index (χ0n) is 15.6. The molecule has 0 unspecified atom stereocenters. The zero-order valence-corrected chi connectivity index (χ0v) is 17.3. The lowest BCUT2D eigenvalue weighted by atomic mass is 10.0. The second-order valence-corrected chi connectivity index (χ2v) is 8.56.